The Balaban J connectivity index is 1.62. The van der Waals surface area contributed by atoms with E-state index in [4.69, 9.17) is 5.73 Å². The number of aliphatic carboxylic acids is 2. The van der Waals surface area contributed by atoms with E-state index in [1.54, 1.807) is 13.8 Å². The average molecular weight is 952 g/mol. The van der Waals surface area contributed by atoms with E-state index in [1.165, 1.54) is 23.6 Å². The molecule has 26 heteroatoms. The highest BCUT2D eigenvalue weighted by molar-refractivity contribution is 5.98. The molecule has 374 valence electrons. The Labute approximate surface area is 386 Å². The van der Waals surface area contributed by atoms with Gasteiger partial charge in [0.05, 0.1) is 32.3 Å². The topological polar surface area (TPSA) is 385 Å². The smallest absolute Gasteiger partial charge is 0.328 e. The molecule has 0 bridgehead atoms. The van der Waals surface area contributed by atoms with Gasteiger partial charge in [0.2, 0.25) is 59.1 Å². The first-order valence-electron chi connectivity index (χ1n) is 22.3. The molecule has 0 aliphatic carbocycles. The molecule has 0 spiro atoms. The molecule has 0 radical (unpaired) electrons. The minimum atomic E-state index is -1.60. The minimum Gasteiger partial charge on any atom is -0.481 e. The van der Waals surface area contributed by atoms with E-state index in [2.05, 4.69) is 37.2 Å². The van der Waals surface area contributed by atoms with Gasteiger partial charge in [0.15, 0.2) is 0 Å². The van der Waals surface area contributed by atoms with Crippen molar-refractivity contribution in [3.05, 3.63) is 0 Å². The predicted octanol–water partition coefficient (Wildman–Crippen LogP) is -5.40. The van der Waals surface area contributed by atoms with E-state index in [0.717, 1.165) is 4.90 Å². The van der Waals surface area contributed by atoms with Crippen molar-refractivity contribution in [2.45, 2.75) is 134 Å². The summed E-state index contributed by atoms with van der Waals surface area (Å²) in [5.74, 6) is -9.95. The number of nitrogens with two attached hydrogens (primary N) is 1. The Morgan fingerprint density at radius 2 is 1.06 bits per heavy atom. The summed E-state index contributed by atoms with van der Waals surface area (Å²) in [5, 5.41) is 44.8. The van der Waals surface area contributed by atoms with E-state index < -0.39 is 158 Å². The highest BCUT2D eigenvalue weighted by atomic mass is 16.4. The fourth-order valence-electron chi connectivity index (χ4n) is 7.86. The van der Waals surface area contributed by atoms with Gasteiger partial charge in [-0.15, -0.1) is 0 Å². The zero-order valence-corrected chi connectivity index (χ0v) is 38.2. The molecule has 10 amide bonds. The molecular weight excluding hydrogens is 887 g/mol. The van der Waals surface area contributed by atoms with E-state index in [1.807, 2.05) is 0 Å². The first-order chi connectivity index (χ1) is 31.5. The first kappa shape index (κ1) is 54.9. The van der Waals surface area contributed by atoms with Crippen LogP contribution < -0.4 is 43.0 Å². The van der Waals surface area contributed by atoms with Crippen molar-refractivity contribution in [2.75, 3.05) is 45.9 Å². The molecule has 0 aromatic heterocycles. The van der Waals surface area contributed by atoms with E-state index in [-0.39, 0.29) is 51.2 Å². The zero-order chi connectivity index (χ0) is 50.1. The van der Waals surface area contributed by atoms with E-state index in [0.29, 0.717) is 19.3 Å². The lowest BCUT2D eigenvalue weighted by Gasteiger charge is -2.31. The van der Waals surface area contributed by atoms with Crippen LogP contribution in [0.25, 0.3) is 0 Å². The summed E-state index contributed by atoms with van der Waals surface area (Å²) in [4.78, 5) is 157. The van der Waals surface area contributed by atoms with Crippen LogP contribution in [0.4, 0.5) is 0 Å². The lowest BCUT2D eigenvalue weighted by Crippen LogP contribution is -2.59. The number of rotatable bonds is 24. The Kier molecular flexibility index (Phi) is 21.3. The maximum atomic E-state index is 14.1. The number of carbonyl (C=O) groups excluding carboxylic acids is 10. The zero-order valence-electron chi connectivity index (χ0n) is 38.2. The Morgan fingerprint density at radius 3 is 1.55 bits per heavy atom. The van der Waals surface area contributed by atoms with Crippen LogP contribution in [0.2, 0.25) is 0 Å². The molecule has 26 nitrogen and oxygen atoms in total. The van der Waals surface area contributed by atoms with Crippen molar-refractivity contribution in [3.8, 4) is 0 Å². The molecule has 3 rings (SSSR count). The van der Waals surface area contributed by atoms with Gasteiger partial charge in [0, 0.05) is 26.1 Å². The SMILES string of the molecule is CC(C)C[C@H](NC(=O)[C@H](C)NC(=O)[C@@H]1CCCN1C(=O)CNC(=O)CNC(=O)[C@H](C)N)C(=O)N1CCC[C@H]1C(=O)N[C@@H](CCC(=O)O)C(=O)NCC(=O)N1CCC[C@H]1C(=O)N[C@@H](CO)C(=O)O. The lowest BCUT2D eigenvalue weighted by molar-refractivity contribution is -0.145. The predicted molar refractivity (Wildman–Crippen MR) is 231 cm³/mol. The third-order valence-corrected chi connectivity index (χ3v) is 11.4. The second kappa shape index (κ2) is 26.0. The molecule has 8 atom stereocenters. The maximum absolute atomic E-state index is 14.1. The first-order valence-corrected chi connectivity index (χ1v) is 22.3. The third-order valence-electron chi connectivity index (χ3n) is 11.4. The molecule has 3 aliphatic rings. The second-order valence-corrected chi connectivity index (χ2v) is 17.2. The number of aliphatic hydroxyl groups excluding tert-OH is 1. The fraction of sp³-hybridized carbons (Fsp3) is 0.707. The average Bonchev–Trinajstić information content (AvgIpc) is 4.08. The molecule has 0 unspecified atom stereocenters. The Hall–Kier alpha value is -6.44. The summed E-state index contributed by atoms with van der Waals surface area (Å²) < 4.78 is 0. The van der Waals surface area contributed by atoms with Crippen LogP contribution in [-0.2, 0) is 57.5 Å². The van der Waals surface area contributed by atoms with Crippen LogP contribution >= 0.6 is 0 Å². The normalized spacial score (nSPS) is 20.1. The number of nitrogens with zero attached hydrogens (tertiary/aromatic N) is 3. The summed E-state index contributed by atoms with van der Waals surface area (Å²) >= 11 is 0. The van der Waals surface area contributed by atoms with Crippen molar-refractivity contribution >= 4 is 71.0 Å². The third kappa shape index (κ3) is 16.4. The van der Waals surface area contributed by atoms with Crippen LogP contribution in [0.1, 0.15) is 85.5 Å². The second-order valence-electron chi connectivity index (χ2n) is 17.2. The number of carbonyl (C=O) groups is 12. The van der Waals surface area contributed by atoms with Gasteiger partial charge in [0.1, 0.15) is 42.3 Å². The van der Waals surface area contributed by atoms with Gasteiger partial charge in [0.25, 0.3) is 0 Å². The molecule has 0 aromatic carbocycles. The molecule has 3 fully saturated rings. The van der Waals surface area contributed by atoms with Crippen molar-refractivity contribution in [2.24, 2.45) is 11.7 Å². The highest BCUT2D eigenvalue weighted by Crippen LogP contribution is 2.22. The van der Waals surface area contributed by atoms with Gasteiger partial charge >= 0.3 is 11.9 Å². The standard InChI is InChI=1S/C41H65N11O15/c1-21(2)16-25(48-35(60)23(4)46-37(62)27-8-5-13-50(27)31(55)18-43-30(54)17-44-34(59)22(3)42)40(65)52-15-7-10-29(52)39(64)47-24(11-12-33(57)58)36(61)45-19-32(56)51-14-6-9-28(51)38(63)49-26(20-53)41(66)67/h21-29,53H,5-20,42H2,1-4H3,(H,43,54)(H,44,59)(H,45,61)(H,46,62)(H,47,64)(H,48,60)(H,49,63)(H,57,58)(H,66,67)/t22-,23-,24-,25-,26-,27-,28-,29-/m0/s1. The van der Waals surface area contributed by atoms with Crippen LogP contribution in [0, 0.1) is 5.92 Å². The number of carboxylic acid groups (broad SMARTS) is 2. The van der Waals surface area contributed by atoms with Crippen LogP contribution in [-0.4, -0.2) is 195 Å². The van der Waals surface area contributed by atoms with Crippen molar-refractivity contribution in [1.29, 1.82) is 0 Å². The highest BCUT2D eigenvalue weighted by Gasteiger charge is 2.41. The molecule has 3 saturated heterocycles. The van der Waals surface area contributed by atoms with Gasteiger partial charge < -0.3 is 73.0 Å². The fourth-order valence-corrected chi connectivity index (χ4v) is 7.86. The van der Waals surface area contributed by atoms with E-state index in [9.17, 15) is 72.9 Å². The number of likely N-dealkylation sites (tertiary alicyclic amines) is 3. The van der Waals surface area contributed by atoms with Crippen molar-refractivity contribution in [1.82, 2.24) is 51.9 Å². The van der Waals surface area contributed by atoms with Crippen LogP contribution in [0.5, 0.6) is 0 Å². The van der Waals surface area contributed by atoms with Crippen LogP contribution in [0.15, 0.2) is 0 Å². The van der Waals surface area contributed by atoms with Gasteiger partial charge in [-0.2, -0.15) is 0 Å². The monoisotopic (exact) mass is 951 g/mol. The van der Waals surface area contributed by atoms with Gasteiger partial charge in [-0.1, -0.05) is 13.8 Å². The summed E-state index contributed by atoms with van der Waals surface area (Å²) in [6.45, 7) is 4.44. The minimum absolute atomic E-state index is 0.0950. The van der Waals surface area contributed by atoms with Gasteiger partial charge in [-0.3, -0.25) is 52.7 Å². The molecule has 12 N–H and O–H groups in total. The summed E-state index contributed by atoms with van der Waals surface area (Å²) in [5.41, 5.74) is 5.45. The number of hydrogen-bond acceptors (Lipinski definition) is 14. The number of nitrogens with one attached hydrogen (secondary N) is 7. The maximum Gasteiger partial charge on any atom is 0.328 e. The number of carboxylic acids is 2. The number of aliphatic hydroxyl groups is 1. The molecule has 3 heterocycles. The number of hydrogen-bond donors (Lipinski definition) is 11. The summed E-state index contributed by atoms with van der Waals surface area (Å²) in [7, 11) is 0. The molecule has 0 saturated carbocycles. The molecule has 0 aromatic rings. The largest absolute Gasteiger partial charge is 0.481 e. The van der Waals surface area contributed by atoms with Gasteiger partial charge in [-0.25, -0.2) is 4.79 Å². The van der Waals surface area contributed by atoms with Crippen LogP contribution in [0.3, 0.4) is 0 Å². The van der Waals surface area contributed by atoms with Crippen molar-refractivity contribution in [3.63, 3.8) is 0 Å². The van der Waals surface area contributed by atoms with Gasteiger partial charge in [-0.05, 0) is 71.1 Å². The van der Waals surface area contributed by atoms with Crippen molar-refractivity contribution < 1.29 is 72.9 Å². The lowest BCUT2D eigenvalue weighted by atomic mass is 10.0. The molecule has 3 aliphatic heterocycles. The Morgan fingerprint density at radius 1 is 0.582 bits per heavy atom. The quantitative estimate of drug-likeness (QED) is 0.0430. The molecule has 67 heavy (non-hydrogen) atoms. The summed E-state index contributed by atoms with van der Waals surface area (Å²) in [6, 6.07) is -9.45. The Bertz CT molecular complexity index is 1880. The van der Waals surface area contributed by atoms with E-state index >= 15 is 0 Å². The molecular formula is C41H65N11O15. The number of amides is 10. The summed E-state index contributed by atoms with van der Waals surface area (Å²) in [6.07, 6.45) is 0.987.